The summed E-state index contributed by atoms with van der Waals surface area (Å²) in [5.41, 5.74) is 3.61. The summed E-state index contributed by atoms with van der Waals surface area (Å²) in [6, 6.07) is 5.77. The number of aryl methyl sites for hydroxylation is 2. The van der Waals surface area contributed by atoms with E-state index in [9.17, 15) is 4.79 Å². The van der Waals surface area contributed by atoms with Gasteiger partial charge >= 0.3 is 0 Å². The highest BCUT2D eigenvalue weighted by Crippen LogP contribution is 2.21. The Hall–Kier alpha value is -2.73. The predicted octanol–water partition coefficient (Wildman–Crippen LogP) is 2.60. The average molecular weight is 336 g/mol. The lowest BCUT2D eigenvalue weighted by molar-refractivity contribution is 0.221. The van der Waals surface area contributed by atoms with Crippen molar-refractivity contribution in [1.29, 1.82) is 0 Å². The second-order valence-corrected chi connectivity index (χ2v) is 6.49. The van der Waals surface area contributed by atoms with Crippen molar-refractivity contribution in [1.82, 2.24) is 19.9 Å². The van der Waals surface area contributed by atoms with Crippen molar-refractivity contribution >= 4 is 0 Å². The molecular weight excluding hydrogens is 316 g/mol. The Kier molecular flexibility index (Phi) is 3.97. The number of H-pyrrole nitrogens is 1. The monoisotopic (exact) mass is 336 g/mol. The molecule has 0 spiro atoms. The molecule has 0 fully saturated rings. The number of fused-ring (bicyclic) bond motifs is 1. The smallest absolute Gasteiger partial charge is 0.255 e. The topological polar surface area (TPSA) is 75.0 Å². The summed E-state index contributed by atoms with van der Waals surface area (Å²) in [6.07, 6.45) is 4.16. The van der Waals surface area contributed by atoms with E-state index < -0.39 is 0 Å². The van der Waals surface area contributed by atoms with Crippen molar-refractivity contribution in [3.8, 4) is 11.4 Å². The summed E-state index contributed by atoms with van der Waals surface area (Å²) in [6.45, 7) is 6.17. The van der Waals surface area contributed by atoms with Crippen molar-refractivity contribution in [2.45, 2.75) is 33.4 Å². The summed E-state index contributed by atoms with van der Waals surface area (Å²) >= 11 is 0. The molecule has 0 amide bonds. The lowest BCUT2D eigenvalue weighted by Gasteiger charge is -2.26. The van der Waals surface area contributed by atoms with Gasteiger partial charge in [-0.1, -0.05) is 0 Å². The third-order valence-electron chi connectivity index (χ3n) is 4.70. The van der Waals surface area contributed by atoms with Gasteiger partial charge in [-0.05, 0) is 37.6 Å². The largest absolute Gasteiger partial charge is 0.465 e. The third-order valence-corrected chi connectivity index (χ3v) is 4.70. The Bertz CT molecular complexity index is 940. The van der Waals surface area contributed by atoms with Crippen LogP contribution in [0.4, 0.5) is 0 Å². The molecule has 3 aromatic heterocycles. The van der Waals surface area contributed by atoms with Crippen molar-refractivity contribution in [2.24, 2.45) is 0 Å². The first-order chi connectivity index (χ1) is 12.1. The zero-order valence-electron chi connectivity index (χ0n) is 14.4. The van der Waals surface area contributed by atoms with Crippen molar-refractivity contribution in [2.75, 3.05) is 6.54 Å². The quantitative estimate of drug-likeness (QED) is 0.796. The molecule has 0 saturated carbocycles. The Labute approximate surface area is 145 Å². The van der Waals surface area contributed by atoms with Crippen LogP contribution in [0, 0.1) is 13.8 Å². The van der Waals surface area contributed by atoms with Crippen LogP contribution in [0.25, 0.3) is 11.4 Å². The third kappa shape index (κ3) is 3.13. The van der Waals surface area contributed by atoms with Crippen LogP contribution >= 0.6 is 0 Å². The summed E-state index contributed by atoms with van der Waals surface area (Å²) in [5, 5.41) is 0. The van der Waals surface area contributed by atoms with Gasteiger partial charge in [0.1, 0.15) is 17.3 Å². The number of hydrogen-bond donors (Lipinski definition) is 1. The van der Waals surface area contributed by atoms with Crippen LogP contribution < -0.4 is 5.56 Å². The van der Waals surface area contributed by atoms with E-state index in [1.165, 1.54) is 0 Å². The molecule has 6 nitrogen and oxygen atoms in total. The molecule has 3 aromatic rings. The van der Waals surface area contributed by atoms with E-state index in [-0.39, 0.29) is 5.56 Å². The maximum Gasteiger partial charge on any atom is 0.255 e. The van der Waals surface area contributed by atoms with Gasteiger partial charge in [0.25, 0.3) is 5.56 Å². The predicted molar refractivity (Wildman–Crippen MR) is 94.1 cm³/mol. The maximum atomic E-state index is 12.6. The van der Waals surface area contributed by atoms with Gasteiger partial charge in [-0.15, -0.1) is 0 Å². The number of aromatic nitrogens is 3. The molecule has 1 N–H and O–H groups in total. The standard InChI is InChI=1S/C19H20N4O2/c1-12-9-15(25-13(12)2)10-23-8-5-17-16(11-23)19(24)22-18(21-17)14-3-6-20-7-4-14/h3-4,6-7,9H,5,8,10-11H2,1-2H3,(H,21,22,24). The minimum absolute atomic E-state index is 0.0617. The molecule has 1 aliphatic rings. The number of hydrogen-bond acceptors (Lipinski definition) is 5. The molecule has 0 radical (unpaired) electrons. The van der Waals surface area contributed by atoms with E-state index >= 15 is 0 Å². The van der Waals surface area contributed by atoms with Gasteiger partial charge in [-0.3, -0.25) is 14.7 Å². The van der Waals surface area contributed by atoms with E-state index in [2.05, 4.69) is 25.9 Å². The Morgan fingerprint density at radius 2 is 2.08 bits per heavy atom. The number of nitrogens with one attached hydrogen (secondary N) is 1. The molecule has 4 heterocycles. The fourth-order valence-corrected chi connectivity index (χ4v) is 3.21. The molecule has 0 saturated heterocycles. The summed E-state index contributed by atoms with van der Waals surface area (Å²) in [5.74, 6) is 2.50. The molecule has 4 rings (SSSR count). The molecule has 1 aliphatic heterocycles. The minimum atomic E-state index is -0.0617. The summed E-state index contributed by atoms with van der Waals surface area (Å²) in [4.78, 5) is 26.4. The minimum Gasteiger partial charge on any atom is -0.465 e. The van der Waals surface area contributed by atoms with Crippen molar-refractivity contribution < 1.29 is 4.42 Å². The van der Waals surface area contributed by atoms with Crippen LogP contribution in [-0.4, -0.2) is 26.4 Å². The van der Waals surface area contributed by atoms with Crippen LogP contribution in [0.15, 0.2) is 39.8 Å². The molecule has 0 aliphatic carbocycles. The van der Waals surface area contributed by atoms with E-state index in [0.29, 0.717) is 18.9 Å². The summed E-state index contributed by atoms with van der Waals surface area (Å²) < 4.78 is 5.76. The van der Waals surface area contributed by atoms with Gasteiger partial charge < -0.3 is 9.40 Å². The fourth-order valence-electron chi connectivity index (χ4n) is 3.21. The van der Waals surface area contributed by atoms with Crippen LogP contribution in [0.1, 0.15) is 28.3 Å². The maximum absolute atomic E-state index is 12.6. The molecule has 0 bridgehead atoms. The first-order valence-corrected chi connectivity index (χ1v) is 8.41. The lowest BCUT2D eigenvalue weighted by Crippen LogP contribution is -2.35. The van der Waals surface area contributed by atoms with Gasteiger partial charge in [0, 0.05) is 37.5 Å². The number of nitrogens with zero attached hydrogens (tertiary/aromatic N) is 3. The van der Waals surface area contributed by atoms with Crippen molar-refractivity contribution in [3.63, 3.8) is 0 Å². The highest BCUT2D eigenvalue weighted by atomic mass is 16.3. The van der Waals surface area contributed by atoms with Gasteiger partial charge in [0.05, 0.1) is 17.8 Å². The van der Waals surface area contributed by atoms with Gasteiger partial charge in [-0.2, -0.15) is 0 Å². The Morgan fingerprint density at radius 1 is 1.28 bits per heavy atom. The van der Waals surface area contributed by atoms with E-state index in [4.69, 9.17) is 4.42 Å². The number of furan rings is 1. The highest BCUT2D eigenvalue weighted by molar-refractivity contribution is 5.54. The normalized spacial score (nSPS) is 14.5. The average Bonchev–Trinajstić information content (AvgIpc) is 2.93. The molecule has 25 heavy (non-hydrogen) atoms. The van der Waals surface area contributed by atoms with Gasteiger partial charge in [0.2, 0.25) is 0 Å². The molecule has 0 unspecified atom stereocenters. The van der Waals surface area contributed by atoms with Crippen LogP contribution in [-0.2, 0) is 19.5 Å². The fraction of sp³-hybridized carbons (Fsp3) is 0.316. The zero-order valence-corrected chi connectivity index (χ0v) is 14.4. The number of rotatable bonds is 3. The van der Waals surface area contributed by atoms with E-state index in [0.717, 1.165) is 46.9 Å². The van der Waals surface area contributed by atoms with E-state index in [1.807, 2.05) is 26.0 Å². The van der Waals surface area contributed by atoms with Crippen LogP contribution in [0.2, 0.25) is 0 Å². The Balaban J connectivity index is 1.58. The van der Waals surface area contributed by atoms with Crippen LogP contribution in [0.3, 0.4) is 0 Å². The second kappa shape index (κ2) is 6.29. The molecule has 6 heteroatoms. The molecular formula is C19H20N4O2. The first kappa shape index (κ1) is 15.8. The first-order valence-electron chi connectivity index (χ1n) is 8.41. The highest BCUT2D eigenvalue weighted by Gasteiger charge is 2.22. The Morgan fingerprint density at radius 3 is 2.80 bits per heavy atom. The molecule has 0 aromatic carbocycles. The lowest BCUT2D eigenvalue weighted by atomic mass is 10.1. The van der Waals surface area contributed by atoms with E-state index in [1.54, 1.807) is 12.4 Å². The molecule has 0 atom stereocenters. The zero-order chi connectivity index (χ0) is 17.4. The van der Waals surface area contributed by atoms with Crippen molar-refractivity contribution in [3.05, 3.63) is 69.3 Å². The van der Waals surface area contributed by atoms with Crippen LogP contribution in [0.5, 0.6) is 0 Å². The number of pyridine rings is 1. The molecule has 128 valence electrons. The second-order valence-electron chi connectivity index (χ2n) is 6.49. The SMILES string of the molecule is Cc1cc(CN2CCc3nc(-c4ccncc4)[nH]c(=O)c3C2)oc1C. The van der Waals surface area contributed by atoms with Gasteiger partial charge in [-0.25, -0.2) is 4.98 Å². The summed E-state index contributed by atoms with van der Waals surface area (Å²) in [7, 11) is 0. The van der Waals surface area contributed by atoms with Gasteiger partial charge in [0.15, 0.2) is 0 Å². The number of aromatic amines is 1.